The summed E-state index contributed by atoms with van der Waals surface area (Å²) in [5.74, 6) is 1.33. The van der Waals surface area contributed by atoms with Gasteiger partial charge in [0.15, 0.2) is 0 Å². The number of rotatable bonds is 5. The van der Waals surface area contributed by atoms with Crippen LogP contribution in [0.5, 0.6) is 0 Å². The van der Waals surface area contributed by atoms with E-state index in [-0.39, 0.29) is 0 Å². The predicted molar refractivity (Wildman–Crippen MR) is 74.4 cm³/mol. The third-order valence-corrected chi connectivity index (χ3v) is 3.56. The molecule has 0 amide bonds. The van der Waals surface area contributed by atoms with Crippen molar-refractivity contribution in [3.63, 3.8) is 0 Å². The van der Waals surface area contributed by atoms with Crippen molar-refractivity contribution in [1.29, 1.82) is 0 Å². The summed E-state index contributed by atoms with van der Waals surface area (Å²) in [6.07, 6.45) is 6.70. The number of hydrogen-bond acceptors (Lipinski definition) is 5. The Morgan fingerprint density at radius 3 is 3.11 bits per heavy atom. The lowest BCUT2D eigenvalue weighted by Gasteiger charge is -2.33. The molecule has 0 aromatic carbocycles. The van der Waals surface area contributed by atoms with Gasteiger partial charge in [0, 0.05) is 25.2 Å². The molecule has 2 rings (SSSR count). The Morgan fingerprint density at radius 1 is 1.44 bits per heavy atom. The summed E-state index contributed by atoms with van der Waals surface area (Å²) in [6, 6.07) is 2.51. The van der Waals surface area contributed by atoms with Crippen LogP contribution in [0.1, 0.15) is 32.6 Å². The molecule has 0 saturated carbocycles. The number of aromatic nitrogens is 2. The van der Waals surface area contributed by atoms with Gasteiger partial charge in [-0.15, -0.1) is 0 Å². The zero-order valence-electron chi connectivity index (χ0n) is 11.1. The van der Waals surface area contributed by atoms with Crippen molar-refractivity contribution in [2.75, 3.05) is 30.7 Å². The van der Waals surface area contributed by atoms with Crippen LogP contribution < -0.4 is 11.1 Å². The van der Waals surface area contributed by atoms with Crippen LogP contribution in [-0.4, -0.2) is 40.5 Å². The van der Waals surface area contributed by atoms with Crippen LogP contribution in [0.2, 0.25) is 0 Å². The normalized spacial score (nSPS) is 20.8. The highest BCUT2D eigenvalue weighted by atomic mass is 15.2. The summed E-state index contributed by atoms with van der Waals surface area (Å²) in [5.41, 5.74) is 5.60. The summed E-state index contributed by atoms with van der Waals surface area (Å²) < 4.78 is 0. The van der Waals surface area contributed by atoms with Crippen molar-refractivity contribution in [1.82, 2.24) is 14.9 Å². The third-order valence-electron chi connectivity index (χ3n) is 3.56. The highest BCUT2D eigenvalue weighted by Gasteiger charge is 2.16. The Labute approximate surface area is 109 Å². The topological polar surface area (TPSA) is 67.1 Å². The van der Waals surface area contributed by atoms with E-state index in [2.05, 4.69) is 27.1 Å². The van der Waals surface area contributed by atoms with E-state index in [4.69, 9.17) is 5.73 Å². The molecule has 3 N–H and O–H groups in total. The average molecular weight is 249 g/mol. The summed E-state index contributed by atoms with van der Waals surface area (Å²) in [4.78, 5) is 10.6. The van der Waals surface area contributed by atoms with Crippen LogP contribution in [0.15, 0.2) is 12.4 Å². The number of hydrogen-bond donors (Lipinski definition) is 2. The van der Waals surface area contributed by atoms with E-state index >= 15 is 0 Å². The molecule has 0 radical (unpaired) electrons. The van der Waals surface area contributed by atoms with E-state index < -0.39 is 0 Å². The molecular weight excluding hydrogens is 226 g/mol. The molecule has 100 valence electrons. The van der Waals surface area contributed by atoms with Crippen LogP contribution in [0, 0.1) is 0 Å². The first-order valence-electron chi connectivity index (χ1n) is 6.81. The highest BCUT2D eigenvalue weighted by molar-refractivity contribution is 5.42. The van der Waals surface area contributed by atoms with E-state index in [1.54, 1.807) is 6.07 Å². The molecule has 1 aliphatic heterocycles. The third kappa shape index (κ3) is 3.84. The molecule has 1 atom stereocenters. The van der Waals surface area contributed by atoms with Gasteiger partial charge in [0.25, 0.3) is 0 Å². The Kier molecular flexibility index (Phi) is 4.75. The van der Waals surface area contributed by atoms with Crippen LogP contribution in [0.25, 0.3) is 0 Å². The van der Waals surface area contributed by atoms with E-state index in [0.717, 1.165) is 31.4 Å². The first kappa shape index (κ1) is 13.1. The summed E-state index contributed by atoms with van der Waals surface area (Å²) in [6.45, 7) is 5.67. The van der Waals surface area contributed by atoms with Crippen LogP contribution in [0.4, 0.5) is 11.6 Å². The molecule has 1 fully saturated rings. The maximum atomic E-state index is 5.60. The van der Waals surface area contributed by atoms with Crippen molar-refractivity contribution < 1.29 is 0 Å². The molecule has 5 nitrogen and oxygen atoms in total. The fraction of sp³-hybridized carbons (Fsp3) is 0.692. The molecule has 0 aliphatic carbocycles. The van der Waals surface area contributed by atoms with E-state index in [1.807, 2.05) is 0 Å². The van der Waals surface area contributed by atoms with Gasteiger partial charge in [-0.3, -0.25) is 0 Å². The monoisotopic (exact) mass is 249 g/mol. The van der Waals surface area contributed by atoms with E-state index in [0.29, 0.717) is 5.82 Å². The number of piperidine rings is 1. The molecule has 1 aromatic heterocycles. The van der Waals surface area contributed by atoms with Crippen molar-refractivity contribution in [2.24, 2.45) is 0 Å². The van der Waals surface area contributed by atoms with E-state index in [9.17, 15) is 0 Å². The molecule has 1 saturated heterocycles. The average Bonchev–Trinajstić information content (AvgIpc) is 2.37. The maximum absolute atomic E-state index is 5.60. The van der Waals surface area contributed by atoms with Crippen molar-refractivity contribution in [3.8, 4) is 0 Å². The Balaban J connectivity index is 1.66. The molecule has 1 aliphatic rings. The van der Waals surface area contributed by atoms with Gasteiger partial charge in [0.2, 0.25) is 0 Å². The van der Waals surface area contributed by atoms with Crippen molar-refractivity contribution >= 4 is 11.6 Å². The second-order valence-electron chi connectivity index (χ2n) is 4.99. The smallest absolute Gasteiger partial charge is 0.131 e. The molecule has 0 bridgehead atoms. The summed E-state index contributed by atoms with van der Waals surface area (Å²) >= 11 is 0. The molecule has 1 aromatic rings. The van der Waals surface area contributed by atoms with Gasteiger partial charge in [-0.05, 0) is 32.7 Å². The minimum absolute atomic E-state index is 0.511. The lowest BCUT2D eigenvalue weighted by Crippen LogP contribution is -2.38. The number of nitrogens with one attached hydrogen (secondary N) is 1. The minimum Gasteiger partial charge on any atom is -0.384 e. The van der Waals surface area contributed by atoms with Crippen LogP contribution >= 0.6 is 0 Å². The van der Waals surface area contributed by atoms with Gasteiger partial charge < -0.3 is 16.0 Å². The molecule has 1 unspecified atom stereocenters. The molecule has 18 heavy (non-hydrogen) atoms. The number of nitrogens with two attached hydrogens (primary N) is 1. The number of likely N-dealkylation sites (tertiary alicyclic amines) is 1. The second-order valence-corrected chi connectivity index (χ2v) is 4.99. The predicted octanol–water partition coefficient (Wildman–Crippen LogP) is 1.74. The second kappa shape index (κ2) is 6.54. The number of nitrogens with zero attached hydrogens (tertiary/aromatic N) is 3. The zero-order valence-corrected chi connectivity index (χ0v) is 11.1. The molecule has 0 spiro atoms. The largest absolute Gasteiger partial charge is 0.384 e. The molecule has 5 heteroatoms. The quantitative estimate of drug-likeness (QED) is 0.778. The lowest BCUT2D eigenvalue weighted by atomic mass is 10.0. The Hall–Kier alpha value is -1.36. The van der Waals surface area contributed by atoms with Gasteiger partial charge in [0.1, 0.15) is 18.0 Å². The number of anilines is 2. The van der Waals surface area contributed by atoms with E-state index in [1.165, 1.54) is 32.1 Å². The molecular formula is C13H23N5. The minimum atomic E-state index is 0.511. The summed E-state index contributed by atoms with van der Waals surface area (Å²) in [5, 5.41) is 3.28. The Bertz CT molecular complexity index is 368. The van der Waals surface area contributed by atoms with Crippen LogP contribution in [0.3, 0.4) is 0 Å². The van der Waals surface area contributed by atoms with Gasteiger partial charge in [-0.1, -0.05) is 6.42 Å². The Morgan fingerprint density at radius 2 is 2.33 bits per heavy atom. The SMILES string of the molecule is CC1CCCCN1CCCNc1cc(N)ncn1. The van der Waals surface area contributed by atoms with Gasteiger partial charge in [-0.2, -0.15) is 0 Å². The van der Waals surface area contributed by atoms with Crippen molar-refractivity contribution in [2.45, 2.75) is 38.6 Å². The fourth-order valence-corrected chi connectivity index (χ4v) is 2.46. The first-order valence-corrected chi connectivity index (χ1v) is 6.81. The zero-order chi connectivity index (χ0) is 12.8. The number of nitrogen functional groups attached to an aromatic ring is 1. The first-order chi connectivity index (χ1) is 8.75. The van der Waals surface area contributed by atoms with Gasteiger partial charge in [-0.25, -0.2) is 9.97 Å². The standard InChI is InChI=1S/C13H23N5/c1-11-5-2-3-7-18(11)8-4-6-15-13-9-12(14)16-10-17-13/h9-11H,2-8H2,1H3,(H3,14,15,16,17). The highest BCUT2D eigenvalue weighted by Crippen LogP contribution is 2.16. The van der Waals surface area contributed by atoms with Crippen molar-refractivity contribution in [3.05, 3.63) is 12.4 Å². The van der Waals surface area contributed by atoms with Crippen LogP contribution in [-0.2, 0) is 0 Å². The van der Waals surface area contributed by atoms with Gasteiger partial charge >= 0.3 is 0 Å². The lowest BCUT2D eigenvalue weighted by molar-refractivity contribution is 0.160. The summed E-state index contributed by atoms with van der Waals surface area (Å²) in [7, 11) is 0. The maximum Gasteiger partial charge on any atom is 0.131 e. The molecule has 2 heterocycles. The van der Waals surface area contributed by atoms with Gasteiger partial charge in [0.05, 0.1) is 0 Å². The fourth-order valence-electron chi connectivity index (χ4n) is 2.46.